The Bertz CT molecular complexity index is 618. The summed E-state index contributed by atoms with van der Waals surface area (Å²) in [4.78, 5) is 11.1. The summed E-state index contributed by atoms with van der Waals surface area (Å²) in [5.41, 5.74) is 14.9. The molecule has 4 N–H and O–H groups in total. The summed E-state index contributed by atoms with van der Waals surface area (Å²) >= 11 is 0. The predicted molar refractivity (Wildman–Crippen MR) is 78.8 cm³/mol. The topological polar surface area (TPSA) is 86.9 Å². The molecule has 5 nitrogen and oxygen atoms in total. The molecule has 106 valence electrons. The van der Waals surface area contributed by atoms with Crippen molar-refractivity contribution in [3.63, 3.8) is 0 Å². The fraction of sp³-hybridized carbons (Fsp3) is 0.333. The molecule has 1 atom stereocenters. The third-order valence-corrected chi connectivity index (χ3v) is 3.46. The van der Waals surface area contributed by atoms with Crippen molar-refractivity contribution in [2.45, 2.75) is 32.7 Å². The molecule has 0 spiro atoms. The molecule has 0 aliphatic carbocycles. The number of hydrogen-bond donors (Lipinski definition) is 2. The maximum atomic E-state index is 11.1. The number of nitrogens with zero attached hydrogens (tertiary/aromatic N) is 2. The lowest BCUT2D eigenvalue weighted by atomic mass is 10.00. The Balaban J connectivity index is 2.25. The maximum Gasteiger partial charge on any atom is 0.251 e. The summed E-state index contributed by atoms with van der Waals surface area (Å²) in [6.45, 7) is 4.14. The van der Waals surface area contributed by atoms with Gasteiger partial charge in [0.25, 0.3) is 5.91 Å². The van der Waals surface area contributed by atoms with E-state index in [1.807, 2.05) is 12.1 Å². The van der Waals surface area contributed by atoms with Gasteiger partial charge in [0.15, 0.2) is 0 Å². The first-order valence-electron chi connectivity index (χ1n) is 6.71. The molecule has 1 aromatic heterocycles. The van der Waals surface area contributed by atoms with Gasteiger partial charge in [-0.2, -0.15) is 5.10 Å². The number of hydrogen-bond acceptors (Lipinski definition) is 3. The van der Waals surface area contributed by atoms with Crippen LogP contribution in [0.2, 0.25) is 0 Å². The SMILES string of the molecule is CCC(N)Cc1ccc(-n2cc(C(N)=O)cn2)cc1C. The first-order valence-corrected chi connectivity index (χ1v) is 6.71. The molecule has 1 amide bonds. The van der Waals surface area contributed by atoms with Crippen molar-refractivity contribution in [1.29, 1.82) is 0 Å². The highest BCUT2D eigenvalue weighted by Gasteiger charge is 2.08. The van der Waals surface area contributed by atoms with Gasteiger partial charge in [-0.25, -0.2) is 4.68 Å². The number of carbonyl (C=O) groups excluding carboxylic acids is 1. The van der Waals surface area contributed by atoms with Crippen molar-refractivity contribution in [1.82, 2.24) is 9.78 Å². The fourth-order valence-electron chi connectivity index (χ4n) is 2.07. The Morgan fingerprint density at radius 2 is 2.20 bits per heavy atom. The minimum absolute atomic E-state index is 0.186. The Morgan fingerprint density at radius 3 is 2.75 bits per heavy atom. The Hall–Kier alpha value is -2.14. The van der Waals surface area contributed by atoms with E-state index >= 15 is 0 Å². The molecule has 0 saturated heterocycles. The summed E-state index contributed by atoms with van der Waals surface area (Å²) in [6.07, 6.45) is 4.93. The molecule has 5 heteroatoms. The minimum atomic E-state index is -0.474. The Labute approximate surface area is 118 Å². The van der Waals surface area contributed by atoms with Gasteiger partial charge in [0, 0.05) is 12.2 Å². The average Bonchev–Trinajstić information content (AvgIpc) is 2.90. The predicted octanol–water partition coefficient (Wildman–Crippen LogP) is 1.56. The molecule has 0 fully saturated rings. The monoisotopic (exact) mass is 272 g/mol. The van der Waals surface area contributed by atoms with Crippen LogP contribution in [-0.4, -0.2) is 21.7 Å². The van der Waals surface area contributed by atoms with Crippen LogP contribution >= 0.6 is 0 Å². The molecule has 1 aromatic carbocycles. The van der Waals surface area contributed by atoms with Crippen LogP contribution < -0.4 is 11.5 Å². The van der Waals surface area contributed by atoms with E-state index in [0.29, 0.717) is 5.56 Å². The van der Waals surface area contributed by atoms with Gasteiger partial charge in [-0.05, 0) is 43.0 Å². The van der Waals surface area contributed by atoms with E-state index in [9.17, 15) is 4.79 Å². The molecule has 0 radical (unpaired) electrons. The highest BCUT2D eigenvalue weighted by atomic mass is 16.1. The number of carbonyl (C=O) groups is 1. The van der Waals surface area contributed by atoms with E-state index in [-0.39, 0.29) is 6.04 Å². The fourth-order valence-corrected chi connectivity index (χ4v) is 2.07. The normalized spacial score (nSPS) is 12.3. The molecule has 20 heavy (non-hydrogen) atoms. The van der Waals surface area contributed by atoms with Crippen molar-refractivity contribution in [3.8, 4) is 5.69 Å². The van der Waals surface area contributed by atoms with E-state index in [1.54, 1.807) is 10.9 Å². The van der Waals surface area contributed by atoms with E-state index in [1.165, 1.54) is 17.3 Å². The van der Waals surface area contributed by atoms with Crippen LogP contribution in [0.5, 0.6) is 0 Å². The largest absolute Gasteiger partial charge is 0.366 e. The van der Waals surface area contributed by atoms with E-state index in [4.69, 9.17) is 11.5 Å². The summed E-state index contributed by atoms with van der Waals surface area (Å²) in [5.74, 6) is -0.474. The standard InChI is InChI=1S/C15H20N4O/c1-3-13(16)7-11-4-5-14(6-10(11)2)19-9-12(8-18-19)15(17)20/h4-6,8-9,13H,3,7,16H2,1-2H3,(H2,17,20). The van der Waals surface area contributed by atoms with Crippen LogP contribution in [0.25, 0.3) is 5.69 Å². The van der Waals surface area contributed by atoms with Crippen LogP contribution in [0.1, 0.15) is 34.8 Å². The summed E-state index contributed by atoms with van der Waals surface area (Å²) in [5, 5.41) is 4.15. The summed E-state index contributed by atoms with van der Waals surface area (Å²) < 4.78 is 1.65. The Morgan fingerprint density at radius 1 is 1.45 bits per heavy atom. The zero-order valence-corrected chi connectivity index (χ0v) is 11.8. The molecule has 0 saturated carbocycles. The number of primary amides is 1. The maximum absolute atomic E-state index is 11.1. The van der Waals surface area contributed by atoms with Crippen molar-refractivity contribution in [2.24, 2.45) is 11.5 Å². The zero-order chi connectivity index (χ0) is 14.7. The van der Waals surface area contributed by atoms with E-state index < -0.39 is 5.91 Å². The van der Waals surface area contributed by atoms with Gasteiger partial charge in [0.1, 0.15) is 0 Å². The van der Waals surface area contributed by atoms with Gasteiger partial charge in [-0.15, -0.1) is 0 Å². The molecular weight excluding hydrogens is 252 g/mol. The minimum Gasteiger partial charge on any atom is -0.366 e. The molecule has 0 bridgehead atoms. The first-order chi connectivity index (χ1) is 9.51. The van der Waals surface area contributed by atoms with Crippen LogP contribution in [0.15, 0.2) is 30.6 Å². The summed E-state index contributed by atoms with van der Waals surface area (Å²) in [7, 11) is 0. The third-order valence-electron chi connectivity index (χ3n) is 3.46. The van der Waals surface area contributed by atoms with Gasteiger partial charge < -0.3 is 11.5 Å². The van der Waals surface area contributed by atoms with Gasteiger partial charge in [-0.3, -0.25) is 4.79 Å². The third kappa shape index (κ3) is 3.05. The number of amides is 1. The van der Waals surface area contributed by atoms with Crippen LogP contribution in [0.3, 0.4) is 0 Å². The van der Waals surface area contributed by atoms with Crippen LogP contribution in [-0.2, 0) is 6.42 Å². The lowest BCUT2D eigenvalue weighted by Gasteiger charge is -2.12. The lowest BCUT2D eigenvalue weighted by Crippen LogP contribution is -2.21. The van der Waals surface area contributed by atoms with Crippen molar-refractivity contribution in [3.05, 3.63) is 47.3 Å². The van der Waals surface area contributed by atoms with Gasteiger partial charge >= 0.3 is 0 Å². The number of aromatic nitrogens is 2. The van der Waals surface area contributed by atoms with Crippen LogP contribution in [0.4, 0.5) is 0 Å². The van der Waals surface area contributed by atoms with Gasteiger partial charge in [0.2, 0.25) is 0 Å². The molecular formula is C15H20N4O. The quantitative estimate of drug-likeness (QED) is 0.866. The van der Waals surface area contributed by atoms with Crippen LogP contribution in [0, 0.1) is 6.92 Å². The first kappa shape index (κ1) is 14.3. The lowest BCUT2D eigenvalue weighted by molar-refractivity contribution is 0.100. The molecule has 1 heterocycles. The highest BCUT2D eigenvalue weighted by Crippen LogP contribution is 2.16. The zero-order valence-electron chi connectivity index (χ0n) is 11.8. The number of aryl methyl sites for hydroxylation is 1. The second-order valence-electron chi connectivity index (χ2n) is 5.02. The van der Waals surface area contributed by atoms with Crippen molar-refractivity contribution in [2.75, 3.05) is 0 Å². The highest BCUT2D eigenvalue weighted by molar-refractivity contribution is 5.92. The number of rotatable bonds is 5. The number of benzene rings is 1. The van der Waals surface area contributed by atoms with Crippen molar-refractivity contribution >= 4 is 5.91 Å². The molecule has 1 unspecified atom stereocenters. The molecule has 2 rings (SSSR count). The Kier molecular flexibility index (Phi) is 4.20. The second-order valence-corrected chi connectivity index (χ2v) is 5.02. The van der Waals surface area contributed by atoms with E-state index in [0.717, 1.165) is 18.5 Å². The van der Waals surface area contributed by atoms with Gasteiger partial charge in [-0.1, -0.05) is 13.0 Å². The van der Waals surface area contributed by atoms with Crippen molar-refractivity contribution < 1.29 is 4.79 Å². The smallest absolute Gasteiger partial charge is 0.251 e. The second kappa shape index (κ2) is 5.88. The number of nitrogens with two attached hydrogens (primary N) is 2. The van der Waals surface area contributed by atoms with Gasteiger partial charge in [0.05, 0.1) is 17.4 Å². The molecule has 2 aromatic rings. The summed E-state index contributed by atoms with van der Waals surface area (Å²) in [6, 6.07) is 6.26. The molecule has 0 aliphatic heterocycles. The average molecular weight is 272 g/mol. The molecule has 0 aliphatic rings. The van der Waals surface area contributed by atoms with E-state index in [2.05, 4.69) is 25.0 Å².